The Labute approximate surface area is 103 Å². The Hall–Kier alpha value is -2.05. The lowest BCUT2D eigenvalue weighted by Crippen LogP contribution is -1.84. The van der Waals surface area contributed by atoms with Crippen LogP contribution in [0.3, 0.4) is 0 Å². The topological polar surface area (TPSA) is 24.6 Å². The molecular formula is C13H7ClFNO. The molecule has 84 valence electrons. The molecule has 1 N–H and O–H groups in total. The Kier molecular flexibility index (Phi) is 2.99. The first-order chi connectivity index (χ1) is 8.11. The maximum Gasteiger partial charge on any atom is 0.190 e. The monoisotopic (exact) mass is 247 g/mol. The van der Waals surface area contributed by atoms with Gasteiger partial charge in [0.1, 0.15) is 11.6 Å². The average Bonchev–Trinajstić information content (AvgIpc) is 2.30. The fourth-order valence-electron chi connectivity index (χ4n) is 1.53. The molecule has 2 nitrogen and oxygen atoms in total. The zero-order chi connectivity index (χ0) is 12.4. The summed E-state index contributed by atoms with van der Waals surface area (Å²) in [7, 11) is 0. The standard InChI is InChI=1S/C13H7ClFNO/c1-16-9-3-5-11(13(17)7-9)10-4-2-8(14)6-12(10)15/h2-7,17H. The minimum atomic E-state index is -0.511. The summed E-state index contributed by atoms with van der Waals surface area (Å²) in [6, 6.07) is 8.55. The van der Waals surface area contributed by atoms with Crippen molar-refractivity contribution in [1.29, 1.82) is 0 Å². The van der Waals surface area contributed by atoms with Gasteiger partial charge in [0.2, 0.25) is 0 Å². The lowest BCUT2D eigenvalue weighted by Gasteiger charge is -2.06. The van der Waals surface area contributed by atoms with E-state index < -0.39 is 5.82 Å². The first-order valence-corrected chi connectivity index (χ1v) is 5.15. The minimum absolute atomic E-state index is 0.125. The van der Waals surface area contributed by atoms with E-state index in [0.717, 1.165) is 0 Å². The number of aromatic hydroxyl groups is 1. The molecule has 0 radical (unpaired) electrons. The molecule has 0 saturated carbocycles. The van der Waals surface area contributed by atoms with Crippen LogP contribution in [-0.4, -0.2) is 5.11 Å². The normalized spacial score (nSPS) is 9.94. The first-order valence-electron chi connectivity index (χ1n) is 4.77. The summed E-state index contributed by atoms with van der Waals surface area (Å²) in [6.07, 6.45) is 0. The van der Waals surface area contributed by atoms with Gasteiger partial charge in [-0.25, -0.2) is 9.24 Å². The van der Waals surface area contributed by atoms with E-state index in [2.05, 4.69) is 4.85 Å². The number of phenols is 1. The molecule has 0 bridgehead atoms. The van der Waals surface area contributed by atoms with E-state index in [1.165, 1.54) is 30.3 Å². The molecule has 0 aliphatic rings. The van der Waals surface area contributed by atoms with Gasteiger partial charge in [-0.2, -0.15) is 0 Å². The van der Waals surface area contributed by atoms with Crippen LogP contribution in [0.1, 0.15) is 0 Å². The van der Waals surface area contributed by atoms with Gasteiger partial charge in [0, 0.05) is 16.1 Å². The molecule has 0 amide bonds. The van der Waals surface area contributed by atoms with Gasteiger partial charge in [0.25, 0.3) is 0 Å². The zero-order valence-electron chi connectivity index (χ0n) is 8.61. The lowest BCUT2D eigenvalue weighted by atomic mass is 10.0. The van der Waals surface area contributed by atoms with Crippen LogP contribution in [0.5, 0.6) is 5.75 Å². The number of hydrogen-bond donors (Lipinski definition) is 1. The van der Waals surface area contributed by atoms with Gasteiger partial charge in [0.05, 0.1) is 6.57 Å². The van der Waals surface area contributed by atoms with Crippen LogP contribution < -0.4 is 0 Å². The maximum atomic E-state index is 13.6. The lowest BCUT2D eigenvalue weighted by molar-refractivity contribution is 0.477. The summed E-state index contributed by atoms with van der Waals surface area (Å²) < 4.78 is 13.6. The molecular weight excluding hydrogens is 241 g/mol. The number of hydrogen-bond acceptors (Lipinski definition) is 1. The van der Waals surface area contributed by atoms with Crippen molar-refractivity contribution >= 4 is 17.3 Å². The molecule has 0 aromatic heterocycles. The number of halogens is 2. The molecule has 17 heavy (non-hydrogen) atoms. The molecule has 0 spiro atoms. The fourth-order valence-corrected chi connectivity index (χ4v) is 1.68. The van der Waals surface area contributed by atoms with Gasteiger partial charge in [-0.3, -0.25) is 0 Å². The van der Waals surface area contributed by atoms with E-state index in [4.69, 9.17) is 18.2 Å². The van der Waals surface area contributed by atoms with Crippen LogP contribution in [0.15, 0.2) is 36.4 Å². The summed E-state index contributed by atoms with van der Waals surface area (Å²) >= 11 is 5.65. The van der Waals surface area contributed by atoms with Crippen molar-refractivity contribution < 1.29 is 9.50 Å². The molecule has 0 atom stereocenters. The summed E-state index contributed by atoms with van der Waals surface area (Å²) in [5, 5.41) is 10.0. The highest BCUT2D eigenvalue weighted by atomic mass is 35.5. The van der Waals surface area contributed by atoms with E-state index in [9.17, 15) is 9.50 Å². The summed E-state index contributed by atoms with van der Waals surface area (Å²) in [4.78, 5) is 3.18. The van der Waals surface area contributed by atoms with E-state index in [1.807, 2.05) is 0 Å². The second-order valence-electron chi connectivity index (χ2n) is 3.44. The second kappa shape index (κ2) is 4.44. The van der Waals surface area contributed by atoms with Crippen molar-refractivity contribution in [3.63, 3.8) is 0 Å². The van der Waals surface area contributed by atoms with Gasteiger partial charge >= 0.3 is 0 Å². The third-order valence-corrected chi connectivity index (χ3v) is 2.57. The summed E-state index contributed by atoms with van der Waals surface area (Å²) in [6.45, 7) is 6.81. The number of nitrogens with zero attached hydrogens (tertiary/aromatic N) is 1. The third kappa shape index (κ3) is 2.22. The van der Waals surface area contributed by atoms with Crippen molar-refractivity contribution in [2.45, 2.75) is 0 Å². The first kappa shape index (κ1) is 11.4. The number of phenolic OH excluding ortho intramolecular Hbond substituents is 1. The van der Waals surface area contributed by atoms with E-state index in [1.54, 1.807) is 6.07 Å². The van der Waals surface area contributed by atoms with E-state index in [0.29, 0.717) is 16.3 Å². The van der Waals surface area contributed by atoms with Gasteiger partial charge in [0.15, 0.2) is 5.69 Å². The van der Waals surface area contributed by atoms with Crippen molar-refractivity contribution in [2.24, 2.45) is 0 Å². The van der Waals surface area contributed by atoms with Crippen molar-refractivity contribution in [2.75, 3.05) is 0 Å². The molecule has 2 aromatic carbocycles. The van der Waals surface area contributed by atoms with Crippen LogP contribution in [0, 0.1) is 12.4 Å². The van der Waals surface area contributed by atoms with E-state index >= 15 is 0 Å². The molecule has 4 heteroatoms. The zero-order valence-corrected chi connectivity index (χ0v) is 9.37. The van der Waals surface area contributed by atoms with Crippen LogP contribution in [0.2, 0.25) is 5.02 Å². The molecule has 0 fully saturated rings. The minimum Gasteiger partial charge on any atom is -0.509 e. The van der Waals surface area contributed by atoms with Crippen LogP contribution >= 0.6 is 11.6 Å². The number of rotatable bonds is 1. The highest BCUT2D eigenvalue weighted by Gasteiger charge is 2.10. The van der Waals surface area contributed by atoms with Crippen molar-refractivity contribution in [3.8, 4) is 16.9 Å². The van der Waals surface area contributed by atoms with Gasteiger partial charge in [-0.15, -0.1) is 0 Å². The number of benzene rings is 2. The van der Waals surface area contributed by atoms with Crippen molar-refractivity contribution in [1.82, 2.24) is 0 Å². The highest BCUT2D eigenvalue weighted by Crippen LogP contribution is 2.34. The molecule has 2 rings (SSSR count). The van der Waals surface area contributed by atoms with Gasteiger partial charge < -0.3 is 5.11 Å². The van der Waals surface area contributed by atoms with E-state index in [-0.39, 0.29) is 11.3 Å². The van der Waals surface area contributed by atoms with Crippen LogP contribution in [0.25, 0.3) is 16.0 Å². The average molecular weight is 248 g/mol. The molecule has 0 aliphatic heterocycles. The summed E-state index contributed by atoms with van der Waals surface area (Å²) in [5.41, 5.74) is 0.899. The SMILES string of the molecule is [C-]#[N+]c1ccc(-c2ccc(Cl)cc2F)c(O)c1. The van der Waals surface area contributed by atoms with Gasteiger partial charge in [-0.05, 0) is 24.3 Å². The molecule has 0 unspecified atom stereocenters. The Morgan fingerprint density at radius 2 is 1.82 bits per heavy atom. The van der Waals surface area contributed by atoms with Gasteiger partial charge in [-0.1, -0.05) is 23.7 Å². The molecule has 0 heterocycles. The quantitative estimate of drug-likeness (QED) is 0.742. The second-order valence-corrected chi connectivity index (χ2v) is 3.87. The Bertz CT molecular complexity index is 619. The molecule has 0 saturated heterocycles. The molecule has 2 aromatic rings. The third-order valence-electron chi connectivity index (χ3n) is 2.33. The predicted molar refractivity (Wildman–Crippen MR) is 64.8 cm³/mol. The van der Waals surface area contributed by atoms with Crippen LogP contribution in [-0.2, 0) is 0 Å². The molecule has 0 aliphatic carbocycles. The summed E-state index contributed by atoms with van der Waals surface area (Å²) in [5.74, 6) is -0.636. The maximum absolute atomic E-state index is 13.6. The largest absolute Gasteiger partial charge is 0.509 e. The fraction of sp³-hybridized carbons (Fsp3) is 0. The van der Waals surface area contributed by atoms with Crippen LogP contribution in [0.4, 0.5) is 10.1 Å². The predicted octanol–water partition coefficient (Wildman–Crippen LogP) is 4.40. The Balaban J connectivity index is 2.58. The Morgan fingerprint density at radius 3 is 2.41 bits per heavy atom. The Morgan fingerprint density at radius 1 is 1.12 bits per heavy atom. The highest BCUT2D eigenvalue weighted by molar-refractivity contribution is 6.30. The smallest absolute Gasteiger partial charge is 0.190 e. The van der Waals surface area contributed by atoms with Crippen molar-refractivity contribution in [3.05, 3.63) is 58.7 Å².